The van der Waals surface area contributed by atoms with Crippen LogP contribution in [0.4, 0.5) is 0 Å². The van der Waals surface area contributed by atoms with Gasteiger partial charge in [-0.2, -0.15) is 0 Å². The number of rotatable bonds is 3. The van der Waals surface area contributed by atoms with Crippen LogP contribution in [0.2, 0.25) is 0 Å². The van der Waals surface area contributed by atoms with Crippen LogP contribution in [0.15, 0.2) is 11.4 Å². The molecule has 1 saturated carbocycles. The van der Waals surface area contributed by atoms with Gasteiger partial charge in [0, 0.05) is 22.4 Å². The minimum Gasteiger partial charge on any atom is -0.329 e. The highest BCUT2D eigenvalue weighted by molar-refractivity contribution is 7.10. The van der Waals surface area contributed by atoms with Crippen LogP contribution in [0.25, 0.3) is 0 Å². The minimum atomic E-state index is -0.189. The number of carbonyl (C=O) groups excluding carboxylic acids is 1. The largest absolute Gasteiger partial charge is 0.329 e. The highest BCUT2D eigenvalue weighted by atomic mass is 32.1. The Morgan fingerprint density at radius 3 is 2.77 bits per heavy atom. The van der Waals surface area contributed by atoms with Gasteiger partial charge >= 0.3 is 0 Å². The second kappa shape index (κ2) is 2.93. The Morgan fingerprint density at radius 1 is 1.69 bits per heavy atom. The van der Waals surface area contributed by atoms with Crippen molar-refractivity contribution in [1.29, 1.82) is 0 Å². The summed E-state index contributed by atoms with van der Waals surface area (Å²) in [4.78, 5) is 13.1. The third-order valence-electron chi connectivity index (χ3n) is 2.83. The molecule has 3 heteroatoms. The van der Waals surface area contributed by atoms with E-state index in [2.05, 4.69) is 0 Å². The van der Waals surface area contributed by atoms with Crippen molar-refractivity contribution in [2.24, 2.45) is 11.1 Å². The molecular weight excluding hydrogens is 182 g/mol. The summed E-state index contributed by atoms with van der Waals surface area (Å²) in [5.41, 5.74) is 6.30. The van der Waals surface area contributed by atoms with Gasteiger partial charge in [-0.15, -0.1) is 11.3 Å². The summed E-state index contributed by atoms with van der Waals surface area (Å²) in [6.45, 7) is 2.49. The molecule has 0 unspecified atom stereocenters. The van der Waals surface area contributed by atoms with Gasteiger partial charge in [0.05, 0.1) is 0 Å². The number of nitrogens with two attached hydrogens (primary N) is 1. The van der Waals surface area contributed by atoms with Crippen molar-refractivity contribution in [3.05, 3.63) is 21.9 Å². The topological polar surface area (TPSA) is 43.1 Å². The van der Waals surface area contributed by atoms with Crippen LogP contribution in [0.1, 0.15) is 28.1 Å². The Kier molecular flexibility index (Phi) is 2.00. The lowest BCUT2D eigenvalue weighted by atomic mass is 9.95. The van der Waals surface area contributed by atoms with E-state index >= 15 is 0 Å². The van der Waals surface area contributed by atoms with E-state index in [4.69, 9.17) is 5.73 Å². The zero-order valence-electron chi connectivity index (χ0n) is 7.67. The molecule has 0 bridgehead atoms. The monoisotopic (exact) mass is 195 g/mol. The van der Waals surface area contributed by atoms with Gasteiger partial charge in [-0.3, -0.25) is 4.79 Å². The Balaban J connectivity index is 2.28. The first-order valence-corrected chi connectivity index (χ1v) is 5.36. The maximum absolute atomic E-state index is 12.0. The zero-order valence-corrected chi connectivity index (χ0v) is 8.49. The van der Waals surface area contributed by atoms with Crippen LogP contribution < -0.4 is 5.73 Å². The Labute approximate surface area is 81.8 Å². The number of ketones is 1. The van der Waals surface area contributed by atoms with Crippen LogP contribution >= 0.6 is 11.3 Å². The smallest absolute Gasteiger partial charge is 0.171 e. The molecule has 0 amide bonds. The van der Waals surface area contributed by atoms with Gasteiger partial charge in [0.25, 0.3) is 0 Å². The molecule has 0 aromatic carbocycles. The average molecular weight is 195 g/mol. The Morgan fingerprint density at radius 2 is 2.38 bits per heavy atom. The van der Waals surface area contributed by atoms with E-state index in [-0.39, 0.29) is 11.2 Å². The molecule has 1 aliphatic rings. The molecule has 0 radical (unpaired) electrons. The van der Waals surface area contributed by atoms with Crippen LogP contribution in [0.3, 0.4) is 0 Å². The predicted molar refractivity (Wildman–Crippen MR) is 54.1 cm³/mol. The summed E-state index contributed by atoms with van der Waals surface area (Å²) in [7, 11) is 0. The van der Waals surface area contributed by atoms with Gasteiger partial charge in [0.1, 0.15) is 0 Å². The average Bonchev–Trinajstić information content (AvgIpc) is 2.83. The van der Waals surface area contributed by atoms with Crippen LogP contribution in [0.5, 0.6) is 0 Å². The molecule has 2 rings (SSSR count). The van der Waals surface area contributed by atoms with E-state index in [1.807, 2.05) is 18.4 Å². The van der Waals surface area contributed by atoms with E-state index in [9.17, 15) is 4.79 Å². The summed E-state index contributed by atoms with van der Waals surface area (Å²) in [5.74, 6) is 0.258. The number of aryl methyl sites for hydroxylation is 1. The molecule has 13 heavy (non-hydrogen) atoms. The summed E-state index contributed by atoms with van der Waals surface area (Å²) in [6.07, 6.45) is 1.94. The van der Waals surface area contributed by atoms with Crippen LogP contribution in [-0.4, -0.2) is 12.3 Å². The summed E-state index contributed by atoms with van der Waals surface area (Å²) in [5, 5.41) is 1.97. The van der Waals surface area contributed by atoms with Crippen molar-refractivity contribution < 1.29 is 4.79 Å². The van der Waals surface area contributed by atoms with Crippen molar-refractivity contribution in [3.63, 3.8) is 0 Å². The number of thiophene rings is 1. The minimum absolute atomic E-state index is 0.189. The van der Waals surface area contributed by atoms with Gasteiger partial charge in [0.2, 0.25) is 0 Å². The first-order valence-electron chi connectivity index (χ1n) is 4.48. The third kappa shape index (κ3) is 1.32. The van der Waals surface area contributed by atoms with Crippen molar-refractivity contribution in [2.75, 3.05) is 6.54 Å². The molecule has 0 atom stereocenters. The SMILES string of the molecule is Cc1sccc1C(=O)C1(CN)CC1. The van der Waals surface area contributed by atoms with Gasteiger partial charge in [0.15, 0.2) is 5.78 Å². The summed E-state index contributed by atoms with van der Waals surface area (Å²) >= 11 is 1.63. The molecule has 0 saturated heterocycles. The molecule has 0 spiro atoms. The molecule has 0 aliphatic heterocycles. The summed E-state index contributed by atoms with van der Waals surface area (Å²) < 4.78 is 0. The van der Waals surface area contributed by atoms with Crippen molar-refractivity contribution in [1.82, 2.24) is 0 Å². The van der Waals surface area contributed by atoms with Crippen molar-refractivity contribution in [3.8, 4) is 0 Å². The van der Waals surface area contributed by atoms with Gasteiger partial charge in [-0.05, 0) is 31.2 Å². The number of Topliss-reactive ketones (excluding diaryl/α,β-unsaturated/α-hetero) is 1. The molecule has 2 N–H and O–H groups in total. The second-order valence-electron chi connectivity index (χ2n) is 3.70. The molecule has 1 heterocycles. The van der Waals surface area contributed by atoms with Gasteiger partial charge in [-0.25, -0.2) is 0 Å². The summed E-state index contributed by atoms with van der Waals surface area (Å²) in [6, 6.07) is 1.91. The predicted octanol–water partition coefficient (Wildman–Crippen LogP) is 1.98. The Hall–Kier alpha value is -0.670. The maximum atomic E-state index is 12.0. The molecule has 2 nitrogen and oxygen atoms in total. The van der Waals surface area contributed by atoms with E-state index in [0.29, 0.717) is 6.54 Å². The molecule has 70 valence electrons. The fourth-order valence-corrected chi connectivity index (χ4v) is 2.28. The number of hydrogen-bond acceptors (Lipinski definition) is 3. The van der Waals surface area contributed by atoms with Crippen molar-refractivity contribution >= 4 is 17.1 Å². The van der Waals surface area contributed by atoms with E-state index in [1.54, 1.807) is 11.3 Å². The van der Waals surface area contributed by atoms with Crippen LogP contribution in [-0.2, 0) is 0 Å². The first kappa shape index (κ1) is 8.91. The van der Waals surface area contributed by atoms with Gasteiger partial charge < -0.3 is 5.73 Å². The molecular formula is C10H13NOS. The van der Waals surface area contributed by atoms with E-state index in [1.165, 1.54) is 0 Å². The highest BCUT2D eigenvalue weighted by Crippen LogP contribution is 2.47. The fourth-order valence-electron chi connectivity index (χ4n) is 1.58. The zero-order chi connectivity index (χ0) is 9.47. The third-order valence-corrected chi connectivity index (χ3v) is 3.68. The lowest BCUT2D eigenvalue weighted by Gasteiger charge is -2.09. The van der Waals surface area contributed by atoms with E-state index < -0.39 is 0 Å². The molecule has 1 fully saturated rings. The standard InChI is InChI=1S/C10H13NOS/c1-7-8(2-5-13-7)9(12)10(6-11)3-4-10/h2,5H,3-4,6,11H2,1H3. The fraction of sp³-hybridized carbons (Fsp3) is 0.500. The molecule has 1 aromatic heterocycles. The lowest BCUT2D eigenvalue weighted by molar-refractivity contribution is 0.0905. The first-order chi connectivity index (χ1) is 6.19. The highest BCUT2D eigenvalue weighted by Gasteiger charge is 2.48. The molecule has 1 aromatic rings. The lowest BCUT2D eigenvalue weighted by Crippen LogP contribution is -2.25. The van der Waals surface area contributed by atoms with E-state index in [0.717, 1.165) is 23.3 Å². The maximum Gasteiger partial charge on any atom is 0.171 e. The second-order valence-corrected chi connectivity index (χ2v) is 4.82. The molecule has 1 aliphatic carbocycles. The number of carbonyl (C=O) groups is 1. The van der Waals surface area contributed by atoms with Crippen molar-refractivity contribution in [2.45, 2.75) is 19.8 Å². The number of hydrogen-bond donors (Lipinski definition) is 1. The van der Waals surface area contributed by atoms with Gasteiger partial charge in [-0.1, -0.05) is 0 Å². The van der Waals surface area contributed by atoms with Crippen LogP contribution in [0, 0.1) is 12.3 Å². The Bertz CT molecular complexity index is 338. The normalized spacial score (nSPS) is 18.6. The quantitative estimate of drug-likeness (QED) is 0.749.